The summed E-state index contributed by atoms with van der Waals surface area (Å²) >= 11 is 0. The summed E-state index contributed by atoms with van der Waals surface area (Å²) in [5.41, 5.74) is 6.67. The van der Waals surface area contributed by atoms with Crippen LogP contribution >= 0.6 is 0 Å². The molecule has 1 nitrogen and oxygen atoms in total. The maximum absolute atomic E-state index is 12.1. The van der Waals surface area contributed by atoms with Gasteiger partial charge in [0.05, 0.1) is 0 Å². The Balaban J connectivity index is 2.19. The Morgan fingerprint density at radius 2 is 1.40 bits per heavy atom. The summed E-state index contributed by atoms with van der Waals surface area (Å²) in [6.07, 6.45) is 3.53. The highest BCUT2D eigenvalue weighted by Gasteiger charge is 2.03. The van der Waals surface area contributed by atoms with Crippen molar-refractivity contribution < 1.29 is 4.79 Å². The Kier molecular flexibility index (Phi) is 4.19. The van der Waals surface area contributed by atoms with Crippen LogP contribution in [-0.2, 0) is 0 Å². The van der Waals surface area contributed by atoms with Crippen molar-refractivity contribution in [3.63, 3.8) is 0 Å². The lowest BCUT2D eigenvalue weighted by Gasteiger charge is -2.03. The van der Waals surface area contributed by atoms with Gasteiger partial charge in [0.1, 0.15) is 0 Å². The summed E-state index contributed by atoms with van der Waals surface area (Å²) < 4.78 is 0. The molecule has 0 heterocycles. The molecule has 1 heteroatoms. The molecule has 0 bridgehead atoms. The van der Waals surface area contributed by atoms with E-state index in [2.05, 4.69) is 32.9 Å². The molecule has 20 heavy (non-hydrogen) atoms. The van der Waals surface area contributed by atoms with Crippen molar-refractivity contribution in [1.82, 2.24) is 0 Å². The van der Waals surface area contributed by atoms with Crippen molar-refractivity contribution in [1.29, 1.82) is 0 Å². The van der Waals surface area contributed by atoms with Crippen LogP contribution in [0.2, 0.25) is 0 Å². The smallest absolute Gasteiger partial charge is 0.185 e. The van der Waals surface area contributed by atoms with Gasteiger partial charge >= 0.3 is 0 Å². The van der Waals surface area contributed by atoms with E-state index in [1.807, 2.05) is 37.3 Å². The fourth-order valence-corrected chi connectivity index (χ4v) is 2.03. The normalized spacial score (nSPS) is 11.0. The van der Waals surface area contributed by atoms with Crippen molar-refractivity contribution >= 4 is 11.9 Å². The highest BCUT2D eigenvalue weighted by atomic mass is 16.1. The van der Waals surface area contributed by atoms with Crippen LogP contribution in [-0.4, -0.2) is 5.78 Å². The summed E-state index contributed by atoms with van der Waals surface area (Å²) in [4.78, 5) is 12.1. The van der Waals surface area contributed by atoms with Gasteiger partial charge < -0.3 is 0 Å². The highest BCUT2D eigenvalue weighted by Crippen LogP contribution is 2.13. The third-order valence-electron chi connectivity index (χ3n) is 3.75. The second kappa shape index (κ2) is 5.87. The van der Waals surface area contributed by atoms with Gasteiger partial charge in [0.2, 0.25) is 0 Å². The topological polar surface area (TPSA) is 17.1 Å². The molecule has 0 aliphatic heterocycles. The number of aryl methyl sites for hydroxylation is 4. The number of carbonyl (C=O) groups is 1. The van der Waals surface area contributed by atoms with Crippen LogP contribution in [0.15, 0.2) is 42.5 Å². The van der Waals surface area contributed by atoms with Crippen LogP contribution in [0.1, 0.15) is 38.2 Å². The maximum atomic E-state index is 12.1. The molecular weight excluding hydrogens is 244 g/mol. The van der Waals surface area contributed by atoms with E-state index in [0.29, 0.717) is 0 Å². The molecule has 0 atom stereocenters. The van der Waals surface area contributed by atoms with E-state index < -0.39 is 0 Å². The SMILES string of the molecule is Cc1ccc(C=CC(=O)c2ccc(C)c(C)c2)cc1C. The summed E-state index contributed by atoms with van der Waals surface area (Å²) in [7, 11) is 0. The van der Waals surface area contributed by atoms with Gasteiger partial charge in [-0.15, -0.1) is 0 Å². The number of rotatable bonds is 3. The van der Waals surface area contributed by atoms with Crippen molar-refractivity contribution in [2.45, 2.75) is 27.7 Å². The first-order valence-electron chi connectivity index (χ1n) is 6.84. The van der Waals surface area contributed by atoms with Gasteiger partial charge in [0.25, 0.3) is 0 Å². The maximum Gasteiger partial charge on any atom is 0.185 e. The van der Waals surface area contributed by atoms with Gasteiger partial charge in [-0.25, -0.2) is 0 Å². The molecule has 0 fully saturated rings. The highest BCUT2D eigenvalue weighted by molar-refractivity contribution is 6.06. The quantitative estimate of drug-likeness (QED) is 0.574. The van der Waals surface area contributed by atoms with Gasteiger partial charge in [-0.3, -0.25) is 4.79 Å². The fourth-order valence-electron chi connectivity index (χ4n) is 2.03. The van der Waals surface area contributed by atoms with Crippen LogP contribution < -0.4 is 0 Å². The number of allylic oxidation sites excluding steroid dienone is 1. The van der Waals surface area contributed by atoms with Gasteiger partial charge in [-0.1, -0.05) is 36.4 Å². The van der Waals surface area contributed by atoms with Crippen LogP contribution in [0.3, 0.4) is 0 Å². The third-order valence-corrected chi connectivity index (χ3v) is 3.75. The molecule has 0 saturated heterocycles. The molecule has 2 rings (SSSR count). The van der Waals surface area contributed by atoms with E-state index in [0.717, 1.165) is 16.7 Å². The van der Waals surface area contributed by atoms with Gasteiger partial charge in [0, 0.05) is 5.56 Å². The monoisotopic (exact) mass is 264 g/mol. The summed E-state index contributed by atoms with van der Waals surface area (Å²) in [5.74, 6) is 0.0475. The molecule has 0 N–H and O–H groups in total. The molecule has 2 aromatic rings. The molecule has 0 amide bonds. The zero-order chi connectivity index (χ0) is 14.7. The molecule has 0 unspecified atom stereocenters. The lowest BCUT2D eigenvalue weighted by Crippen LogP contribution is -1.95. The summed E-state index contributed by atoms with van der Waals surface area (Å²) in [5, 5.41) is 0. The molecule has 102 valence electrons. The van der Waals surface area contributed by atoms with E-state index >= 15 is 0 Å². The Labute approximate surface area is 121 Å². The first-order chi connectivity index (χ1) is 9.47. The Bertz CT molecular complexity index is 678. The van der Waals surface area contributed by atoms with Crippen LogP contribution in [0, 0.1) is 27.7 Å². The van der Waals surface area contributed by atoms with Crippen LogP contribution in [0.5, 0.6) is 0 Å². The Hall–Kier alpha value is -2.15. The van der Waals surface area contributed by atoms with E-state index in [4.69, 9.17) is 0 Å². The molecule has 0 saturated carbocycles. The summed E-state index contributed by atoms with van der Waals surface area (Å²) in [6, 6.07) is 12.0. The Morgan fingerprint density at radius 1 is 0.800 bits per heavy atom. The first kappa shape index (κ1) is 14.3. The number of carbonyl (C=O) groups excluding carboxylic acids is 1. The average Bonchev–Trinajstić information content (AvgIpc) is 2.43. The fraction of sp³-hybridized carbons (Fsp3) is 0.211. The minimum absolute atomic E-state index is 0.0475. The van der Waals surface area contributed by atoms with Crippen molar-refractivity contribution in [3.05, 3.63) is 75.9 Å². The Morgan fingerprint density at radius 3 is 2.00 bits per heavy atom. The van der Waals surface area contributed by atoms with E-state index in [1.165, 1.54) is 16.7 Å². The zero-order valence-corrected chi connectivity index (χ0v) is 12.5. The van der Waals surface area contributed by atoms with Crippen molar-refractivity contribution in [2.24, 2.45) is 0 Å². The van der Waals surface area contributed by atoms with Gasteiger partial charge in [-0.2, -0.15) is 0 Å². The predicted molar refractivity (Wildman–Crippen MR) is 85.2 cm³/mol. The third kappa shape index (κ3) is 3.24. The first-order valence-corrected chi connectivity index (χ1v) is 6.84. The minimum atomic E-state index is 0.0475. The van der Waals surface area contributed by atoms with E-state index in [1.54, 1.807) is 6.08 Å². The molecular formula is C19H20O. The predicted octanol–water partition coefficient (Wildman–Crippen LogP) is 4.82. The standard InChI is InChI=1S/C19H20O/c1-13-5-7-17(11-15(13)3)8-10-19(20)18-9-6-14(2)16(4)12-18/h5-12H,1-4H3. The van der Waals surface area contributed by atoms with Gasteiger partial charge in [0.15, 0.2) is 5.78 Å². The lowest BCUT2D eigenvalue weighted by molar-refractivity contribution is 0.104. The number of hydrogen-bond acceptors (Lipinski definition) is 1. The molecule has 0 radical (unpaired) electrons. The lowest BCUT2D eigenvalue weighted by atomic mass is 10.0. The van der Waals surface area contributed by atoms with Crippen LogP contribution in [0.4, 0.5) is 0 Å². The molecule has 0 aliphatic carbocycles. The number of ketones is 1. The minimum Gasteiger partial charge on any atom is -0.289 e. The second-order valence-electron chi connectivity index (χ2n) is 5.34. The number of benzene rings is 2. The molecule has 2 aromatic carbocycles. The number of hydrogen-bond donors (Lipinski definition) is 0. The van der Waals surface area contributed by atoms with Gasteiger partial charge in [-0.05, 0) is 67.7 Å². The molecule has 0 aliphatic rings. The van der Waals surface area contributed by atoms with E-state index in [9.17, 15) is 4.79 Å². The van der Waals surface area contributed by atoms with Crippen molar-refractivity contribution in [2.75, 3.05) is 0 Å². The van der Waals surface area contributed by atoms with Crippen LogP contribution in [0.25, 0.3) is 6.08 Å². The zero-order valence-electron chi connectivity index (χ0n) is 12.5. The largest absolute Gasteiger partial charge is 0.289 e. The molecule has 0 spiro atoms. The summed E-state index contributed by atoms with van der Waals surface area (Å²) in [6.45, 7) is 8.24. The second-order valence-corrected chi connectivity index (χ2v) is 5.34. The van der Waals surface area contributed by atoms with E-state index in [-0.39, 0.29) is 5.78 Å². The average molecular weight is 264 g/mol. The van der Waals surface area contributed by atoms with Crippen molar-refractivity contribution in [3.8, 4) is 0 Å². The molecule has 0 aromatic heterocycles.